The first-order valence-corrected chi connectivity index (χ1v) is 21.7. The number of hydrogen-bond acceptors (Lipinski definition) is 7. The number of piperazine rings is 1. The third-order valence-corrected chi connectivity index (χ3v) is 13.7. The molecule has 1 unspecified atom stereocenters. The van der Waals surface area contributed by atoms with Crippen LogP contribution in [0, 0.1) is 18.4 Å². The smallest absolute Gasteiger partial charge is 0.255 e. The van der Waals surface area contributed by atoms with Gasteiger partial charge in [-0.2, -0.15) is 0 Å². The van der Waals surface area contributed by atoms with E-state index in [2.05, 4.69) is 69.7 Å². The molecule has 4 aromatic rings. The maximum Gasteiger partial charge on any atom is 0.255 e. The van der Waals surface area contributed by atoms with Gasteiger partial charge < -0.3 is 19.7 Å². The Morgan fingerprint density at radius 3 is 2.46 bits per heavy atom. The maximum atomic E-state index is 14.1. The van der Waals surface area contributed by atoms with Crippen molar-refractivity contribution in [2.45, 2.75) is 96.2 Å². The van der Waals surface area contributed by atoms with Gasteiger partial charge >= 0.3 is 0 Å². The molecule has 5 aliphatic rings. The lowest BCUT2D eigenvalue weighted by molar-refractivity contribution is -0.137. The SMILES string of the molecule is [C-]#[N+]c1ccc2c3c([nH]c2c1)C(C)(C)c1cc(N2CCC(N4CCN(C(=O)CCCC#Cc5ccc6c(c5)CN(C5CCC(=O)NC5=O)C6=O)CC4)CC2)c(CC)cc1C3=O. The second-order valence-electron chi connectivity index (χ2n) is 17.6. The number of hydrogen-bond donors (Lipinski definition) is 2. The number of nitrogens with one attached hydrogen (secondary N) is 2. The van der Waals surface area contributed by atoms with Crippen LogP contribution < -0.4 is 10.2 Å². The van der Waals surface area contributed by atoms with E-state index in [4.69, 9.17) is 6.57 Å². The van der Waals surface area contributed by atoms with Crippen molar-refractivity contribution in [2.75, 3.05) is 44.2 Å². The van der Waals surface area contributed by atoms with Crippen LogP contribution >= 0.6 is 0 Å². The number of anilines is 1. The second kappa shape index (κ2) is 16.0. The van der Waals surface area contributed by atoms with Crippen molar-refractivity contribution < 1.29 is 24.0 Å². The molecule has 0 radical (unpaired) electrons. The Hall–Kier alpha value is -6.24. The van der Waals surface area contributed by atoms with Gasteiger partial charge in [-0.15, -0.1) is 0 Å². The first-order chi connectivity index (χ1) is 29.4. The van der Waals surface area contributed by atoms with Crippen molar-refractivity contribution in [3.63, 3.8) is 0 Å². The van der Waals surface area contributed by atoms with E-state index in [0.29, 0.717) is 49.5 Å². The van der Waals surface area contributed by atoms with Gasteiger partial charge in [-0.3, -0.25) is 34.2 Å². The number of H-pyrrole nitrogens is 1. The Morgan fingerprint density at radius 2 is 1.72 bits per heavy atom. The molecular formula is C49H51N7O5. The number of nitrogens with zero attached hydrogens (tertiary/aromatic N) is 5. The first kappa shape index (κ1) is 40.2. The van der Waals surface area contributed by atoms with E-state index < -0.39 is 17.4 Å². The molecule has 9 rings (SSSR count). The molecule has 0 bridgehead atoms. The third kappa shape index (κ3) is 7.27. The molecule has 5 heterocycles. The number of carbonyl (C=O) groups is 5. The van der Waals surface area contributed by atoms with Crippen LogP contribution in [-0.2, 0) is 32.8 Å². The van der Waals surface area contributed by atoms with E-state index in [0.717, 1.165) is 103 Å². The molecule has 12 nitrogen and oxygen atoms in total. The molecule has 3 saturated heterocycles. The molecule has 61 heavy (non-hydrogen) atoms. The number of rotatable bonds is 7. The molecule has 3 fully saturated rings. The van der Waals surface area contributed by atoms with Gasteiger partial charge in [-0.1, -0.05) is 44.7 Å². The average molecular weight is 818 g/mol. The van der Waals surface area contributed by atoms with Gasteiger partial charge in [-0.05, 0) is 85.2 Å². The van der Waals surface area contributed by atoms with Crippen LogP contribution in [0.15, 0.2) is 48.5 Å². The summed E-state index contributed by atoms with van der Waals surface area (Å²) in [5.41, 5.74) is 9.03. The van der Waals surface area contributed by atoms with Crippen molar-refractivity contribution in [1.29, 1.82) is 0 Å². The first-order valence-electron chi connectivity index (χ1n) is 21.7. The Labute approximate surface area is 356 Å². The Morgan fingerprint density at radius 1 is 0.934 bits per heavy atom. The molecule has 1 atom stereocenters. The highest BCUT2D eigenvalue weighted by molar-refractivity contribution is 6.20. The summed E-state index contributed by atoms with van der Waals surface area (Å²) in [6.07, 6.45) is 5.20. The van der Waals surface area contributed by atoms with E-state index in [1.54, 1.807) is 12.1 Å². The quantitative estimate of drug-likeness (QED) is 0.0977. The van der Waals surface area contributed by atoms with E-state index in [1.807, 2.05) is 29.2 Å². The number of aromatic nitrogens is 1. The van der Waals surface area contributed by atoms with Gasteiger partial charge in [-0.25, -0.2) is 4.85 Å². The number of imide groups is 1. The number of unbranched alkanes of at least 4 members (excludes halogenated alkanes) is 1. The van der Waals surface area contributed by atoms with Gasteiger partial charge in [0.05, 0.1) is 12.1 Å². The normalized spacial score (nSPS) is 20.2. The second-order valence-corrected chi connectivity index (χ2v) is 17.6. The summed E-state index contributed by atoms with van der Waals surface area (Å²) in [5.74, 6) is 5.68. The van der Waals surface area contributed by atoms with Crippen LogP contribution in [0.5, 0.6) is 0 Å². The molecule has 0 spiro atoms. The van der Waals surface area contributed by atoms with Crippen LogP contribution in [0.1, 0.15) is 120 Å². The fourth-order valence-electron chi connectivity index (χ4n) is 10.3. The summed E-state index contributed by atoms with van der Waals surface area (Å²) < 4.78 is 0. The number of benzene rings is 3. The Kier molecular flexibility index (Phi) is 10.5. The van der Waals surface area contributed by atoms with Crippen molar-refractivity contribution in [3.05, 3.63) is 105 Å². The van der Waals surface area contributed by atoms with Crippen LogP contribution in [0.3, 0.4) is 0 Å². The lowest BCUT2D eigenvalue weighted by Crippen LogP contribution is -2.54. The zero-order valence-corrected chi connectivity index (χ0v) is 35.2. The van der Waals surface area contributed by atoms with E-state index in [1.165, 1.54) is 16.2 Å². The minimum Gasteiger partial charge on any atom is -0.371 e. The monoisotopic (exact) mass is 817 g/mol. The van der Waals surface area contributed by atoms with E-state index in [-0.39, 0.29) is 29.9 Å². The maximum absolute atomic E-state index is 14.1. The number of aryl methyl sites for hydroxylation is 1. The largest absolute Gasteiger partial charge is 0.371 e. The summed E-state index contributed by atoms with van der Waals surface area (Å²) in [7, 11) is 0. The fourth-order valence-corrected chi connectivity index (χ4v) is 10.3. The highest BCUT2D eigenvalue weighted by Crippen LogP contribution is 2.46. The number of aromatic amines is 1. The van der Waals surface area contributed by atoms with Crippen molar-refractivity contribution in [3.8, 4) is 11.8 Å². The van der Waals surface area contributed by atoms with Gasteiger partial charge in [0.2, 0.25) is 17.7 Å². The van der Waals surface area contributed by atoms with E-state index >= 15 is 0 Å². The number of fused-ring (bicyclic) bond motifs is 5. The predicted molar refractivity (Wildman–Crippen MR) is 233 cm³/mol. The third-order valence-electron chi connectivity index (χ3n) is 13.7. The summed E-state index contributed by atoms with van der Waals surface area (Å²) >= 11 is 0. The minimum atomic E-state index is -0.642. The molecule has 4 amide bonds. The molecular weight excluding hydrogens is 767 g/mol. The number of piperidine rings is 2. The average Bonchev–Trinajstić information content (AvgIpc) is 3.82. The summed E-state index contributed by atoms with van der Waals surface area (Å²) in [5, 5.41) is 3.21. The molecule has 2 N–H and O–H groups in total. The van der Waals surface area contributed by atoms with Crippen LogP contribution in [0.4, 0.5) is 11.4 Å². The summed E-state index contributed by atoms with van der Waals surface area (Å²) in [4.78, 5) is 80.0. The molecule has 312 valence electrons. The molecule has 0 saturated carbocycles. The molecule has 3 aromatic carbocycles. The van der Waals surface area contributed by atoms with Crippen molar-refractivity contribution >= 4 is 51.7 Å². The zero-order valence-electron chi connectivity index (χ0n) is 35.2. The number of ketones is 1. The summed E-state index contributed by atoms with van der Waals surface area (Å²) in [6.45, 7) is 19.4. The standard InChI is InChI=1S/C49H51N7O5/c1-5-31-26-37-38(49(2,3)46-44(45(37)59)36-14-12-33(50-4)27-39(36)51-46)28-41(31)54-19-17-34(18-20-54)53-21-23-55(24-22-53)43(58)10-8-6-7-9-30-11-13-35-32(25-30)29-56(48(35)61)40-15-16-42(57)52-47(40)60/h11-14,25-28,34,40,51H,5-6,8,10,15-24,29H2,1-3H3,(H,52,57,60). The number of amides is 4. The summed E-state index contributed by atoms with van der Waals surface area (Å²) in [6, 6.07) is 15.3. The molecule has 4 aliphatic heterocycles. The fraction of sp³-hybridized carbons (Fsp3) is 0.429. The molecule has 1 aromatic heterocycles. The number of carbonyl (C=O) groups excluding carboxylic acids is 5. The predicted octanol–water partition coefficient (Wildman–Crippen LogP) is 6.25. The van der Waals surface area contributed by atoms with E-state index in [9.17, 15) is 24.0 Å². The topological polar surface area (TPSA) is 130 Å². The van der Waals surface area contributed by atoms with Gasteiger partial charge in [0.25, 0.3) is 5.91 Å². The molecule has 1 aliphatic carbocycles. The Bertz CT molecular complexity index is 2610. The van der Waals surface area contributed by atoms with Crippen molar-refractivity contribution in [1.82, 2.24) is 25.0 Å². The lowest BCUT2D eigenvalue weighted by Gasteiger charge is -2.44. The highest BCUT2D eigenvalue weighted by atomic mass is 16.2. The van der Waals surface area contributed by atoms with Gasteiger partial charge in [0, 0.05) is 116 Å². The van der Waals surface area contributed by atoms with Gasteiger partial charge in [0.15, 0.2) is 11.5 Å². The van der Waals surface area contributed by atoms with Gasteiger partial charge in [0.1, 0.15) is 6.04 Å². The zero-order chi connectivity index (χ0) is 42.6. The lowest BCUT2D eigenvalue weighted by atomic mass is 9.70. The Balaban J connectivity index is 0.753. The van der Waals surface area contributed by atoms with Crippen molar-refractivity contribution in [2.24, 2.45) is 0 Å². The van der Waals surface area contributed by atoms with Crippen LogP contribution in [-0.4, -0.2) is 100 Å². The van der Waals surface area contributed by atoms with Crippen LogP contribution in [0.25, 0.3) is 15.7 Å². The molecule has 12 heteroatoms. The van der Waals surface area contributed by atoms with Crippen LogP contribution in [0.2, 0.25) is 0 Å². The minimum absolute atomic E-state index is 0.0486. The highest BCUT2D eigenvalue weighted by Gasteiger charge is 2.42.